The fraction of sp³-hybridized carbons (Fsp3) is 0.357. The van der Waals surface area contributed by atoms with Crippen LogP contribution in [-0.4, -0.2) is 76.7 Å². The second-order valence-corrected chi connectivity index (χ2v) is 9.98. The number of esters is 2. The van der Waals surface area contributed by atoms with Crippen molar-refractivity contribution in [2.45, 2.75) is 26.1 Å². The molecule has 2 atom stereocenters. The summed E-state index contributed by atoms with van der Waals surface area (Å²) in [5, 5.41) is 19.8. The van der Waals surface area contributed by atoms with Gasteiger partial charge in [-0.05, 0) is 71.8 Å². The lowest BCUT2D eigenvalue weighted by atomic mass is 9.95. The van der Waals surface area contributed by atoms with Gasteiger partial charge in [-0.3, -0.25) is 5.43 Å². The van der Waals surface area contributed by atoms with E-state index in [0.717, 1.165) is 0 Å². The number of halogens is 1. The molecule has 0 saturated heterocycles. The summed E-state index contributed by atoms with van der Waals surface area (Å²) in [5.41, 5.74) is 4.43. The number of aliphatic hydroxyl groups excluding tert-OH is 1. The van der Waals surface area contributed by atoms with Crippen LogP contribution in [0.25, 0.3) is 0 Å². The maximum Gasteiger partial charge on any atom is 0.343 e. The largest absolute Gasteiger partial charge is 0.493 e. The number of urea groups is 1. The van der Waals surface area contributed by atoms with E-state index in [1.807, 2.05) is 22.6 Å². The molecule has 43 heavy (non-hydrogen) atoms. The number of hydrogen-bond acceptors (Lipinski definition) is 12. The van der Waals surface area contributed by atoms with E-state index in [9.17, 15) is 19.5 Å². The zero-order valence-electron chi connectivity index (χ0n) is 24.2. The molecule has 14 nitrogen and oxygen atoms in total. The first-order valence-electron chi connectivity index (χ1n) is 12.9. The number of hydrogen-bond donors (Lipinski definition) is 4. The van der Waals surface area contributed by atoms with Gasteiger partial charge in [-0.25, -0.2) is 14.4 Å². The fourth-order valence-corrected chi connectivity index (χ4v) is 4.75. The first-order chi connectivity index (χ1) is 20.6. The van der Waals surface area contributed by atoms with Crippen LogP contribution in [0.4, 0.5) is 4.79 Å². The lowest BCUT2D eigenvalue weighted by molar-refractivity contribution is -0.143. The van der Waals surface area contributed by atoms with Crippen molar-refractivity contribution in [2.75, 3.05) is 41.2 Å². The lowest BCUT2D eigenvalue weighted by Gasteiger charge is -2.28. The van der Waals surface area contributed by atoms with Gasteiger partial charge < -0.3 is 44.2 Å². The van der Waals surface area contributed by atoms with Crippen molar-refractivity contribution in [3.8, 4) is 23.0 Å². The van der Waals surface area contributed by atoms with Crippen LogP contribution in [0.2, 0.25) is 0 Å². The van der Waals surface area contributed by atoms with Crippen molar-refractivity contribution >= 4 is 46.8 Å². The van der Waals surface area contributed by atoms with E-state index < -0.39 is 30.2 Å². The molecule has 0 aromatic heterocycles. The molecule has 1 heterocycles. The molecule has 1 aliphatic rings. The lowest BCUT2D eigenvalue weighted by Crippen LogP contribution is -2.45. The van der Waals surface area contributed by atoms with E-state index in [2.05, 4.69) is 25.9 Å². The van der Waals surface area contributed by atoms with Crippen molar-refractivity contribution in [3.63, 3.8) is 0 Å². The predicted octanol–water partition coefficient (Wildman–Crippen LogP) is 2.37. The van der Waals surface area contributed by atoms with Crippen LogP contribution >= 0.6 is 22.6 Å². The summed E-state index contributed by atoms with van der Waals surface area (Å²) >= 11 is 2.04. The van der Waals surface area contributed by atoms with E-state index in [4.69, 9.17) is 23.7 Å². The van der Waals surface area contributed by atoms with Crippen molar-refractivity contribution in [1.82, 2.24) is 16.1 Å². The molecule has 0 spiro atoms. The molecular weight excluding hydrogens is 679 g/mol. The zero-order chi connectivity index (χ0) is 31.5. The quantitative estimate of drug-likeness (QED) is 0.0745. The van der Waals surface area contributed by atoms with Gasteiger partial charge >= 0.3 is 18.0 Å². The van der Waals surface area contributed by atoms with Gasteiger partial charge in [-0.1, -0.05) is 6.07 Å². The van der Waals surface area contributed by atoms with Crippen LogP contribution in [0.5, 0.6) is 23.0 Å². The Kier molecular flexibility index (Phi) is 12.2. The SMILES string of the molecule is CCOc1cc([C@@H]2NC(=O)NC(C)=C2C(=O)OC)ccc1OC[C@@H](O)N/N=C\c1cc(I)c(OCC(=O)OC)c(OC)c1. The molecule has 0 saturated carbocycles. The van der Waals surface area contributed by atoms with Gasteiger partial charge in [0, 0.05) is 5.70 Å². The number of methoxy groups -OCH3 is 3. The second kappa shape index (κ2) is 15.8. The molecule has 0 aliphatic carbocycles. The molecule has 232 valence electrons. The average Bonchev–Trinajstić information content (AvgIpc) is 2.98. The summed E-state index contributed by atoms with van der Waals surface area (Å²) in [6.45, 7) is 3.28. The number of carbonyl (C=O) groups excluding carboxylic acids is 3. The smallest absolute Gasteiger partial charge is 0.343 e. The number of allylic oxidation sites excluding steroid dienone is 1. The first kappa shape index (κ1) is 33.3. The van der Waals surface area contributed by atoms with Gasteiger partial charge in [0.05, 0.1) is 49.3 Å². The van der Waals surface area contributed by atoms with Gasteiger partial charge in [-0.2, -0.15) is 5.10 Å². The highest BCUT2D eigenvalue weighted by Crippen LogP contribution is 2.35. The summed E-state index contributed by atoms with van der Waals surface area (Å²) in [5.74, 6) is 0.349. The highest BCUT2D eigenvalue weighted by Gasteiger charge is 2.32. The fourth-order valence-electron chi connectivity index (χ4n) is 3.96. The number of amides is 2. The number of ether oxygens (including phenoxy) is 6. The van der Waals surface area contributed by atoms with E-state index in [1.165, 1.54) is 27.5 Å². The first-order valence-corrected chi connectivity index (χ1v) is 14.0. The molecule has 2 aromatic carbocycles. The molecule has 0 unspecified atom stereocenters. The highest BCUT2D eigenvalue weighted by atomic mass is 127. The molecule has 2 amide bonds. The van der Waals surface area contributed by atoms with E-state index in [1.54, 1.807) is 44.2 Å². The maximum absolute atomic E-state index is 12.4. The summed E-state index contributed by atoms with van der Waals surface area (Å²) in [7, 11) is 4.01. The average molecular weight is 712 g/mol. The minimum absolute atomic E-state index is 0.186. The van der Waals surface area contributed by atoms with Gasteiger partial charge in [0.15, 0.2) is 35.8 Å². The summed E-state index contributed by atoms with van der Waals surface area (Å²) < 4.78 is 32.5. The number of hydrazone groups is 1. The topological polar surface area (TPSA) is 175 Å². The number of nitrogens with zero attached hydrogens (tertiary/aromatic N) is 1. The van der Waals surface area contributed by atoms with Crippen LogP contribution in [0.3, 0.4) is 0 Å². The number of rotatable bonds is 14. The minimum atomic E-state index is -1.19. The number of aliphatic hydroxyl groups is 1. The van der Waals surface area contributed by atoms with Gasteiger partial charge in [0.2, 0.25) is 0 Å². The van der Waals surface area contributed by atoms with Crippen molar-refractivity contribution < 1.29 is 47.9 Å². The van der Waals surface area contributed by atoms with E-state index in [-0.39, 0.29) is 18.8 Å². The molecular formula is C28H33IN4O10. The van der Waals surface area contributed by atoms with Crippen molar-refractivity contribution in [3.05, 3.63) is 56.3 Å². The van der Waals surface area contributed by atoms with Crippen molar-refractivity contribution in [2.24, 2.45) is 5.10 Å². The van der Waals surface area contributed by atoms with Crippen LogP contribution in [-0.2, 0) is 19.1 Å². The van der Waals surface area contributed by atoms with Crippen molar-refractivity contribution in [1.29, 1.82) is 0 Å². The third-order valence-corrected chi connectivity index (χ3v) is 6.72. The van der Waals surface area contributed by atoms with E-state index >= 15 is 0 Å². The molecule has 15 heteroatoms. The number of nitrogens with one attached hydrogen (secondary N) is 3. The van der Waals surface area contributed by atoms with Gasteiger partial charge in [0.25, 0.3) is 0 Å². The van der Waals surface area contributed by atoms with E-state index in [0.29, 0.717) is 50.0 Å². The molecule has 2 aromatic rings. The van der Waals surface area contributed by atoms with Crippen LogP contribution in [0.1, 0.15) is 31.0 Å². The zero-order valence-corrected chi connectivity index (χ0v) is 26.3. The Morgan fingerprint density at radius 3 is 2.53 bits per heavy atom. The Morgan fingerprint density at radius 2 is 1.86 bits per heavy atom. The van der Waals surface area contributed by atoms with Gasteiger partial charge in [0.1, 0.15) is 6.61 Å². The molecule has 0 radical (unpaired) electrons. The summed E-state index contributed by atoms with van der Waals surface area (Å²) in [6, 6.07) is 7.13. The van der Waals surface area contributed by atoms with Crippen LogP contribution < -0.4 is 35.0 Å². The highest BCUT2D eigenvalue weighted by molar-refractivity contribution is 14.1. The Morgan fingerprint density at radius 1 is 1.09 bits per heavy atom. The molecule has 1 aliphatic heterocycles. The van der Waals surface area contributed by atoms with Crippen LogP contribution in [0, 0.1) is 3.57 Å². The van der Waals surface area contributed by atoms with Gasteiger partial charge in [-0.15, -0.1) is 0 Å². The Labute approximate surface area is 261 Å². The van der Waals surface area contributed by atoms with Crippen LogP contribution in [0.15, 0.2) is 46.7 Å². The summed E-state index contributed by atoms with van der Waals surface area (Å²) in [4.78, 5) is 36.0. The third kappa shape index (κ3) is 8.87. The Bertz CT molecular complexity index is 1400. The number of benzene rings is 2. The predicted molar refractivity (Wildman–Crippen MR) is 162 cm³/mol. The number of carbonyl (C=O) groups is 3. The standard InChI is InChI=1S/C28H33IN4O10/c1-6-41-20-11-17(25-24(27(36)40-5)15(2)31-28(37)32-25)7-8-19(20)42-13-22(34)33-30-12-16-9-18(29)26(21(10-16)38-3)43-14-23(35)39-4/h7-12,22,25,33-34H,6,13-14H2,1-5H3,(H2,31,32,37)/b30-12-/t22-,25+/m1/s1. The normalized spacial score (nSPS) is 15.2. The monoisotopic (exact) mass is 712 g/mol. The molecule has 0 bridgehead atoms. The molecule has 0 fully saturated rings. The third-order valence-electron chi connectivity index (χ3n) is 5.92. The molecule has 3 rings (SSSR count). The Balaban J connectivity index is 1.67. The summed E-state index contributed by atoms with van der Waals surface area (Å²) in [6.07, 6.45) is 0.286. The Hall–Kier alpha value is -4.25. The second-order valence-electron chi connectivity index (χ2n) is 8.81. The minimum Gasteiger partial charge on any atom is -0.493 e. The molecule has 4 N–H and O–H groups in total. The maximum atomic E-state index is 12.4.